The van der Waals surface area contributed by atoms with Gasteiger partial charge in [0.1, 0.15) is 0 Å². The van der Waals surface area contributed by atoms with E-state index < -0.39 is 5.97 Å². The predicted octanol–water partition coefficient (Wildman–Crippen LogP) is 3.91. The van der Waals surface area contributed by atoms with Gasteiger partial charge < -0.3 is 10.2 Å². The fourth-order valence-corrected chi connectivity index (χ4v) is 3.26. The van der Waals surface area contributed by atoms with Crippen molar-refractivity contribution >= 4 is 16.9 Å². The summed E-state index contributed by atoms with van der Waals surface area (Å²) in [6, 6.07) is 4.89. The van der Waals surface area contributed by atoms with Gasteiger partial charge in [0.2, 0.25) is 0 Å². The van der Waals surface area contributed by atoms with Crippen LogP contribution in [0.3, 0.4) is 0 Å². The molecule has 0 radical (unpaired) electrons. The molecule has 0 spiro atoms. The lowest BCUT2D eigenvalue weighted by molar-refractivity contribution is 0.0697. The van der Waals surface area contributed by atoms with E-state index in [4.69, 9.17) is 10.2 Å². The van der Waals surface area contributed by atoms with Gasteiger partial charge in [0.25, 0.3) is 0 Å². The second kappa shape index (κ2) is 9.94. The van der Waals surface area contributed by atoms with Gasteiger partial charge in [0.15, 0.2) is 0 Å². The molecule has 148 valence electrons. The van der Waals surface area contributed by atoms with E-state index in [1.165, 1.54) is 37.6 Å². The minimum absolute atomic E-state index is 0.193. The zero-order valence-electron chi connectivity index (χ0n) is 15.9. The maximum absolute atomic E-state index is 11.1. The summed E-state index contributed by atoms with van der Waals surface area (Å²) in [5, 5.41) is 23.3. The molecular formula is C21H26N4O3. The highest BCUT2D eigenvalue weighted by atomic mass is 16.4. The third-order valence-corrected chi connectivity index (χ3v) is 4.83. The normalized spacial score (nSPS) is 11.2. The largest absolute Gasteiger partial charge is 0.478 e. The summed E-state index contributed by atoms with van der Waals surface area (Å²) < 4.78 is 1.97. The number of aliphatic hydroxyl groups excluding tert-OH is 1. The maximum atomic E-state index is 11.1. The molecule has 0 fully saturated rings. The summed E-state index contributed by atoms with van der Waals surface area (Å²) in [7, 11) is 0. The van der Waals surface area contributed by atoms with Crippen LogP contribution in [0.5, 0.6) is 0 Å². The van der Waals surface area contributed by atoms with E-state index >= 15 is 0 Å². The van der Waals surface area contributed by atoms with Crippen molar-refractivity contribution in [1.29, 1.82) is 0 Å². The van der Waals surface area contributed by atoms with E-state index in [0.29, 0.717) is 18.0 Å². The Morgan fingerprint density at radius 2 is 1.64 bits per heavy atom. The smallest absolute Gasteiger partial charge is 0.335 e. The summed E-state index contributed by atoms with van der Waals surface area (Å²) in [5.41, 5.74) is 2.34. The zero-order chi connectivity index (χ0) is 19.8. The van der Waals surface area contributed by atoms with E-state index in [0.717, 1.165) is 43.1 Å². The number of aliphatic hydroxyl groups is 1. The first-order valence-electron chi connectivity index (χ1n) is 9.81. The molecule has 3 rings (SSSR count). The van der Waals surface area contributed by atoms with Crippen LogP contribution in [0, 0.1) is 0 Å². The quantitative estimate of drug-likeness (QED) is 0.488. The molecule has 0 unspecified atom stereocenters. The second-order valence-electron chi connectivity index (χ2n) is 6.93. The molecule has 0 aliphatic carbocycles. The lowest BCUT2D eigenvalue weighted by Crippen LogP contribution is -2.00. The number of carboxylic acid groups (broad SMARTS) is 1. The zero-order valence-corrected chi connectivity index (χ0v) is 15.9. The fourth-order valence-electron chi connectivity index (χ4n) is 3.26. The molecular weight excluding hydrogens is 356 g/mol. The SMILES string of the molecule is O=C(O)c1ccnc(-c2cc3cnn(CCCCCCCCCO)c3cn2)c1. The van der Waals surface area contributed by atoms with Crippen LogP contribution >= 0.6 is 0 Å². The monoisotopic (exact) mass is 382 g/mol. The molecule has 7 nitrogen and oxygen atoms in total. The number of hydrogen-bond donors (Lipinski definition) is 2. The Labute approximate surface area is 164 Å². The van der Waals surface area contributed by atoms with Crippen LogP contribution in [-0.2, 0) is 6.54 Å². The molecule has 0 amide bonds. The van der Waals surface area contributed by atoms with Crippen LogP contribution < -0.4 is 0 Å². The first-order chi connectivity index (χ1) is 13.7. The molecule has 2 N–H and O–H groups in total. The number of carboxylic acids is 1. The number of nitrogens with zero attached hydrogens (tertiary/aromatic N) is 4. The fraction of sp³-hybridized carbons (Fsp3) is 0.429. The van der Waals surface area contributed by atoms with Crippen molar-refractivity contribution in [3.05, 3.63) is 42.4 Å². The van der Waals surface area contributed by atoms with Crippen LogP contribution in [0.15, 0.2) is 36.8 Å². The number of aryl methyl sites for hydroxylation is 1. The Kier molecular flexibility index (Phi) is 7.08. The van der Waals surface area contributed by atoms with E-state index in [2.05, 4.69) is 15.1 Å². The van der Waals surface area contributed by atoms with Gasteiger partial charge in [0, 0.05) is 24.7 Å². The lowest BCUT2D eigenvalue weighted by atomic mass is 10.1. The first kappa shape index (κ1) is 19.9. The highest BCUT2D eigenvalue weighted by molar-refractivity contribution is 5.89. The summed E-state index contributed by atoms with van der Waals surface area (Å²) in [5.74, 6) is -0.981. The van der Waals surface area contributed by atoms with Crippen molar-refractivity contribution in [2.75, 3.05) is 6.61 Å². The van der Waals surface area contributed by atoms with Gasteiger partial charge in [-0.2, -0.15) is 5.10 Å². The Hall–Kier alpha value is -2.80. The lowest BCUT2D eigenvalue weighted by Gasteiger charge is -2.05. The van der Waals surface area contributed by atoms with E-state index in [-0.39, 0.29) is 5.56 Å². The van der Waals surface area contributed by atoms with Gasteiger partial charge in [0.05, 0.1) is 34.9 Å². The Morgan fingerprint density at radius 1 is 0.929 bits per heavy atom. The third-order valence-electron chi connectivity index (χ3n) is 4.83. The van der Waals surface area contributed by atoms with E-state index in [1.807, 2.05) is 16.9 Å². The number of fused-ring (bicyclic) bond motifs is 1. The van der Waals surface area contributed by atoms with Gasteiger partial charge in [-0.25, -0.2) is 4.79 Å². The van der Waals surface area contributed by atoms with Crippen molar-refractivity contribution in [3.63, 3.8) is 0 Å². The average molecular weight is 382 g/mol. The molecule has 0 aliphatic heterocycles. The van der Waals surface area contributed by atoms with Gasteiger partial charge in [-0.05, 0) is 31.0 Å². The molecule has 0 atom stereocenters. The number of pyridine rings is 2. The number of aromatic nitrogens is 4. The van der Waals surface area contributed by atoms with E-state index in [1.54, 1.807) is 6.20 Å². The molecule has 7 heteroatoms. The van der Waals surface area contributed by atoms with Crippen LogP contribution in [0.25, 0.3) is 22.3 Å². The predicted molar refractivity (Wildman–Crippen MR) is 107 cm³/mol. The summed E-state index contributed by atoms with van der Waals surface area (Å²) >= 11 is 0. The minimum atomic E-state index is -0.981. The number of aromatic carboxylic acids is 1. The number of unbranched alkanes of at least 4 members (excludes halogenated alkanes) is 6. The van der Waals surface area contributed by atoms with Gasteiger partial charge >= 0.3 is 5.97 Å². The molecule has 0 saturated heterocycles. The van der Waals surface area contributed by atoms with Crippen molar-refractivity contribution in [3.8, 4) is 11.4 Å². The summed E-state index contributed by atoms with van der Waals surface area (Å²) in [6.07, 6.45) is 12.9. The van der Waals surface area contributed by atoms with Crippen LogP contribution in [-0.4, -0.2) is 42.5 Å². The highest BCUT2D eigenvalue weighted by Gasteiger charge is 2.10. The minimum Gasteiger partial charge on any atom is -0.478 e. The highest BCUT2D eigenvalue weighted by Crippen LogP contribution is 2.21. The summed E-state index contributed by atoms with van der Waals surface area (Å²) in [4.78, 5) is 19.8. The molecule has 0 saturated carbocycles. The Bertz CT molecular complexity index is 923. The standard InChI is InChI=1S/C21H26N4O3/c26-11-7-5-3-1-2-4-6-10-25-20-15-23-19(13-17(20)14-24-25)18-12-16(21(27)28)8-9-22-18/h8-9,12-15,26H,1-7,10-11H2,(H,27,28). The topological polar surface area (TPSA) is 101 Å². The Balaban J connectivity index is 1.58. The van der Waals surface area contributed by atoms with Crippen LogP contribution in [0.1, 0.15) is 55.3 Å². The van der Waals surface area contributed by atoms with Gasteiger partial charge in [-0.15, -0.1) is 0 Å². The van der Waals surface area contributed by atoms with Crippen molar-refractivity contribution in [2.24, 2.45) is 0 Å². The number of carbonyl (C=O) groups is 1. The molecule has 3 aromatic heterocycles. The molecule has 0 aliphatic rings. The van der Waals surface area contributed by atoms with Crippen LogP contribution in [0.4, 0.5) is 0 Å². The third kappa shape index (κ3) is 5.13. The number of rotatable bonds is 11. The Morgan fingerprint density at radius 3 is 2.39 bits per heavy atom. The van der Waals surface area contributed by atoms with Crippen molar-refractivity contribution < 1.29 is 15.0 Å². The van der Waals surface area contributed by atoms with Gasteiger partial charge in [-0.3, -0.25) is 14.6 Å². The maximum Gasteiger partial charge on any atom is 0.335 e. The number of hydrogen-bond acceptors (Lipinski definition) is 5. The second-order valence-corrected chi connectivity index (χ2v) is 6.93. The molecule has 3 heterocycles. The average Bonchev–Trinajstić information content (AvgIpc) is 3.12. The van der Waals surface area contributed by atoms with Crippen molar-refractivity contribution in [2.45, 2.75) is 51.5 Å². The molecule has 0 aromatic carbocycles. The first-order valence-corrected chi connectivity index (χ1v) is 9.81. The van der Waals surface area contributed by atoms with Crippen LogP contribution in [0.2, 0.25) is 0 Å². The van der Waals surface area contributed by atoms with E-state index in [9.17, 15) is 4.79 Å². The van der Waals surface area contributed by atoms with Gasteiger partial charge in [-0.1, -0.05) is 32.1 Å². The molecule has 0 bridgehead atoms. The molecule has 28 heavy (non-hydrogen) atoms. The summed E-state index contributed by atoms with van der Waals surface area (Å²) in [6.45, 7) is 1.15. The van der Waals surface area contributed by atoms with Crippen molar-refractivity contribution in [1.82, 2.24) is 19.7 Å². The molecule has 3 aromatic rings.